The zero-order valence-corrected chi connectivity index (χ0v) is 30.2. The minimum Gasteiger partial charge on any atom is -0.465 e. The van der Waals surface area contributed by atoms with Crippen molar-refractivity contribution in [3.8, 4) is 0 Å². The molecule has 0 saturated heterocycles. The van der Waals surface area contributed by atoms with Crippen LogP contribution in [0.4, 0.5) is 0 Å². The molecule has 0 unspecified atom stereocenters. The van der Waals surface area contributed by atoms with Gasteiger partial charge in [-0.05, 0) is 74.1 Å². The predicted octanol–water partition coefficient (Wildman–Crippen LogP) is 6.22. The van der Waals surface area contributed by atoms with Gasteiger partial charge in [0.15, 0.2) is 0 Å². The van der Waals surface area contributed by atoms with E-state index in [1.165, 1.54) is 0 Å². The van der Waals surface area contributed by atoms with Crippen LogP contribution in [0, 0.1) is 0 Å². The van der Waals surface area contributed by atoms with Crippen molar-refractivity contribution in [2.75, 3.05) is 12.9 Å². The second-order valence-corrected chi connectivity index (χ2v) is 15.7. The molecule has 13 heteroatoms. The first-order chi connectivity index (χ1) is 23.2. The average Bonchev–Trinajstić information content (AvgIpc) is 3.05. The second-order valence-electron chi connectivity index (χ2n) is 13.0. The van der Waals surface area contributed by atoms with Gasteiger partial charge in [-0.25, -0.2) is 18.6 Å². The molecule has 49 heavy (non-hydrogen) atoms. The van der Waals surface area contributed by atoms with Crippen LogP contribution in [0.15, 0.2) is 66.7 Å². The SMILES string of the molecule is CCOC(=O)C(C)(C)c1ccc(CONC(=O)[C@@H]2c3ccccc3C(=O)N([C@H]3CCCC[C@@H]3NS(C)(=O)=O)[C@H]2c2ccc(Cl)cc2Cl)cc1. The van der Waals surface area contributed by atoms with Gasteiger partial charge in [-0.1, -0.05) is 84.6 Å². The lowest BCUT2D eigenvalue weighted by molar-refractivity contribution is -0.148. The molecule has 3 aromatic rings. The van der Waals surface area contributed by atoms with Crippen LogP contribution < -0.4 is 10.2 Å². The number of halogens is 2. The van der Waals surface area contributed by atoms with Crippen LogP contribution in [0.3, 0.4) is 0 Å². The molecule has 1 fully saturated rings. The summed E-state index contributed by atoms with van der Waals surface area (Å²) in [5.74, 6) is -2.13. The first-order valence-electron chi connectivity index (χ1n) is 16.2. The van der Waals surface area contributed by atoms with Crippen molar-refractivity contribution in [2.45, 2.75) is 82.5 Å². The van der Waals surface area contributed by atoms with Crippen molar-refractivity contribution in [2.24, 2.45) is 0 Å². The molecule has 2 N–H and O–H groups in total. The Kier molecular flexibility index (Phi) is 11.4. The van der Waals surface area contributed by atoms with E-state index in [1.54, 1.807) is 68.1 Å². The number of carbonyl (C=O) groups excluding carboxylic acids is 3. The predicted molar refractivity (Wildman–Crippen MR) is 188 cm³/mol. The number of nitrogens with zero attached hydrogens (tertiary/aromatic N) is 1. The molecule has 2 aliphatic rings. The lowest BCUT2D eigenvalue weighted by Gasteiger charge is -2.49. The normalized spacial score (nSPS) is 21.2. The molecule has 2 amide bonds. The number of benzene rings is 3. The van der Waals surface area contributed by atoms with Gasteiger partial charge in [0.2, 0.25) is 10.0 Å². The fourth-order valence-corrected chi connectivity index (χ4v) is 8.17. The van der Waals surface area contributed by atoms with Crippen LogP contribution in [-0.2, 0) is 41.2 Å². The van der Waals surface area contributed by atoms with Gasteiger partial charge in [0, 0.05) is 27.7 Å². The van der Waals surface area contributed by atoms with Crippen molar-refractivity contribution in [3.05, 3.63) is 105 Å². The summed E-state index contributed by atoms with van der Waals surface area (Å²) < 4.78 is 32.8. The van der Waals surface area contributed by atoms with Gasteiger partial charge in [0.25, 0.3) is 11.8 Å². The molecule has 0 spiro atoms. The largest absolute Gasteiger partial charge is 0.465 e. The Balaban J connectivity index is 1.48. The average molecular weight is 731 g/mol. The van der Waals surface area contributed by atoms with Gasteiger partial charge in [-0.3, -0.25) is 19.2 Å². The Morgan fingerprint density at radius 2 is 1.67 bits per heavy atom. The minimum absolute atomic E-state index is 0.0260. The molecule has 10 nitrogen and oxygen atoms in total. The van der Waals surface area contributed by atoms with Crippen LogP contribution in [0.1, 0.15) is 91.0 Å². The van der Waals surface area contributed by atoms with E-state index in [4.69, 9.17) is 32.8 Å². The number of hydrogen-bond acceptors (Lipinski definition) is 7. The van der Waals surface area contributed by atoms with E-state index in [9.17, 15) is 22.8 Å². The third-order valence-electron chi connectivity index (χ3n) is 9.26. The fourth-order valence-electron chi connectivity index (χ4n) is 6.83. The van der Waals surface area contributed by atoms with E-state index in [0.717, 1.165) is 30.2 Å². The number of hydroxylamine groups is 1. The molecule has 0 aromatic heterocycles. The van der Waals surface area contributed by atoms with Crippen molar-refractivity contribution >= 4 is 51.0 Å². The van der Waals surface area contributed by atoms with Gasteiger partial charge in [-0.15, -0.1) is 0 Å². The number of sulfonamides is 1. The van der Waals surface area contributed by atoms with E-state index in [1.807, 2.05) is 24.3 Å². The Labute approximate surface area is 297 Å². The highest BCUT2D eigenvalue weighted by Crippen LogP contribution is 2.48. The smallest absolute Gasteiger partial charge is 0.315 e. The molecule has 0 bridgehead atoms. The molecule has 1 aliphatic heterocycles. The maximum atomic E-state index is 14.4. The van der Waals surface area contributed by atoms with Crippen LogP contribution in [-0.4, -0.2) is 56.0 Å². The summed E-state index contributed by atoms with van der Waals surface area (Å²) >= 11 is 13.1. The molecule has 1 aliphatic carbocycles. The Morgan fingerprint density at radius 1 is 0.980 bits per heavy atom. The van der Waals surface area contributed by atoms with E-state index in [0.29, 0.717) is 34.6 Å². The number of rotatable bonds is 11. The van der Waals surface area contributed by atoms with E-state index in [-0.39, 0.29) is 30.1 Å². The van der Waals surface area contributed by atoms with Gasteiger partial charge >= 0.3 is 5.97 Å². The molecule has 5 rings (SSSR count). The summed E-state index contributed by atoms with van der Waals surface area (Å²) in [5.41, 5.74) is 4.62. The monoisotopic (exact) mass is 729 g/mol. The molecular weight excluding hydrogens is 689 g/mol. The third kappa shape index (κ3) is 8.13. The summed E-state index contributed by atoms with van der Waals surface area (Å²) in [6.45, 7) is 5.67. The number of esters is 1. The van der Waals surface area contributed by atoms with E-state index < -0.39 is 45.4 Å². The van der Waals surface area contributed by atoms with Gasteiger partial charge in [0.05, 0.1) is 36.8 Å². The van der Waals surface area contributed by atoms with Crippen LogP contribution >= 0.6 is 23.2 Å². The summed E-state index contributed by atoms with van der Waals surface area (Å²) in [6.07, 6.45) is 3.71. The van der Waals surface area contributed by atoms with Crippen molar-refractivity contribution in [3.63, 3.8) is 0 Å². The highest BCUT2D eigenvalue weighted by molar-refractivity contribution is 7.88. The van der Waals surface area contributed by atoms with Crippen LogP contribution in [0.5, 0.6) is 0 Å². The summed E-state index contributed by atoms with van der Waals surface area (Å²) in [7, 11) is -3.61. The standard InChI is InChI=1S/C36H41Cl2N3O7S/c1-5-47-35(44)36(2,3)23-16-14-22(15-17-23)21-48-39-33(42)31-25-10-6-7-11-26(25)34(43)41(32(31)27-19-18-24(37)20-28(27)38)30-13-9-8-12-29(30)40-49(4,45)46/h6-7,10-11,14-20,29-32,40H,5,8-9,12-13,21H2,1-4H3,(H,39,42)/t29-,30-,31+,32-/m0/s1. The topological polar surface area (TPSA) is 131 Å². The Morgan fingerprint density at radius 3 is 2.35 bits per heavy atom. The van der Waals surface area contributed by atoms with Crippen LogP contribution in [0.2, 0.25) is 10.0 Å². The van der Waals surface area contributed by atoms with Crippen molar-refractivity contribution in [1.29, 1.82) is 0 Å². The lowest BCUT2D eigenvalue weighted by atomic mass is 9.76. The van der Waals surface area contributed by atoms with Gasteiger partial charge in [0.1, 0.15) is 0 Å². The number of carbonyl (C=O) groups is 3. The Hall–Kier alpha value is -3.48. The molecule has 1 saturated carbocycles. The fraction of sp³-hybridized carbons (Fsp3) is 0.417. The van der Waals surface area contributed by atoms with Gasteiger partial charge in [-0.2, -0.15) is 0 Å². The van der Waals surface area contributed by atoms with E-state index in [2.05, 4.69) is 10.2 Å². The molecule has 0 radical (unpaired) electrons. The number of hydrogen-bond donors (Lipinski definition) is 2. The summed E-state index contributed by atoms with van der Waals surface area (Å²) in [5, 5.41) is 0.654. The Bertz CT molecular complexity index is 1820. The lowest BCUT2D eigenvalue weighted by Crippen LogP contribution is -2.59. The maximum Gasteiger partial charge on any atom is 0.315 e. The number of fused-ring (bicyclic) bond motifs is 1. The summed E-state index contributed by atoms with van der Waals surface area (Å²) in [6, 6.07) is 17.0. The molecule has 1 heterocycles. The quantitative estimate of drug-likeness (QED) is 0.177. The van der Waals surface area contributed by atoms with E-state index >= 15 is 0 Å². The molecular formula is C36H41Cl2N3O7S. The zero-order valence-electron chi connectivity index (χ0n) is 27.9. The third-order valence-corrected chi connectivity index (χ3v) is 10.6. The number of amides is 2. The molecule has 3 aromatic carbocycles. The molecule has 4 atom stereocenters. The van der Waals surface area contributed by atoms with Gasteiger partial charge < -0.3 is 9.64 Å². The van der Waals surface area contributed by atoms with Crippen molar-refractivity contribution in [1.82, 2.24) is 15.1 Å². The number of ether oxygens (including phenoxy) is 1. The van der Waals surface area contributed by atoms with Crippen LogP contribution in [0.25, 0.3) is 0 Å². The zero-order chi connectivity index (χ0) is 35.5. The number of nitrogens with one attached hydrogen (secondary N) is 2. The summed E-state index contributed by atoms with van der Waals surface area (Å²) in [4.78, 5) is 48.5. The molecule has 262 valence electrons. The highest BCUT2D eigenvalue weighted by atomic mass is 35.5. The minimum atomic E-state index is -3.61. The first-order valence-corrected chi connectivity index (χ1v) is 18.9. The van der Waals surface area contributed by atoms with Crippen molar-refractivity contribution < 1.29 is 32.4 Å². The maximum absolute atomic E-state index is 14.4. The highest BCUT2D eigenvalue weighted by Gasteiger charge is 2.49. The first kappa shape index (κ1) is 36.8. The second kappa shape index (κ2) is 15.2.